The van der Waals surface area contributed by atoms with E-state index >= 15 is 0 Å². The lowest BCUT2D eigenvalue weighted by molar-refractivity contribution is 0.0590. The van der Waals surface area contributed by atoms with Gasteiger partial charge in [0.05, 0.1) is 30.8 Å². The van der Waals surface area contributed by atoms with E-state index in [-0.39, 0.29) is 28.0 Å². The molecule has 0 bridgehead atoms. The van der Waals surface area contributed by atoms with Gasteiger partial charge in [-0.2, -0.15) is 10.2 Å². The molecule has 12 heteroatoms. The van der Waals surface area contributed by atoms with Gasteiger partial charge in [-0.05, 0) is 18.7 Å². The molecule has 4 rings (SSSR count). The number of carbonyl (C=O) groups is 2. The zero-order valence-electron chi connectivity index (χ0n) is 17.1. The van der Waals surface area contributed by atoms with Gasteiger partial charge in [-0.15, -0.1) is 11.8 Å². The molecule has 4 aromatic rings. The van der Waals surface area contributed by atoms with Gasteiger partial charge in [-0.3, -0.25) is 14.5 Å². The fourth-order valence-corrected chi connectivity index (χ4v) is 4.02. The topological polar surface area (TPSA) is 133 Å². The fraction of sp³-hybridized carbons (Fsp3) is 0.263. The number of fused-ring (bicyclic) bond motifs is 3. The molecule has 4 aromatic heterocycles. The number of aromatic amines is 1. The highest BCUT2D eigenvalue weighted by molar-refractivity contribution is 7.99. The van der Waals surface area contributed by atoms with Crippen LogP contribution in [0.1, 0.15) is 33.3 Å². The van der Waals surface area contributed by atoms with Gasteiger partial charge in [0.1, 0.15) is 16.2 Å². The molecular weight excluding hydrogens is 424 g/mol. The number of H-pyrrole nitrogens is 1. The first kappa shape index (κ1) is 20.6. The van der Waals surface area contributed by atoms with Crippen molar-refractivity contribution in [3.63, 3.8) is 0 Å². The lowest BCUT2D eigenvalue weighted by Crippen LogP contribution is -2.21. The molecule has 0 saturated heterocycles. The van der Waals surface area contributed by atoms with Gasteiger partial charge in [-0.1, -0.05) is 6.92 Å². The summed E-state index contributed by atoms with van der Waals surface area (Å²) < 4.78 is 12.4. The molecule has 0 radical (unpaired) electrons. The zero-order chi connectivity index (χ0) is 22.3. The Hall–Kier alpha value is -3.67. The minimum atomic E-state index is -0.606. The Morgan fingerprint density at radius 1 is 1.19 bits per heavy atom. The largest absolute Gasteiger partial charge is 0.465 e. The Kier molecular flexibility index (Phi) is 5.23. The molecule has 1 N–H and O–H groups in total. The highest BCUT2D eigenvalue weighted by Crippen LogP contribution is 2.26. The van der Waals surface area contributed by atoms with Crippen molar-refractivity contribution in [1.82, 2.24) is 29.4 Å². The number of pyridine rings is 1. The van der Waals surface area contributed by atoms with Crippen LogP contribution in [0.2, 0.25) is 0 Å². The fourth-order valence-electron chi connectivity index (χ4n) is 3.31. The Balaban J connectivity index is 1.97. The van der Waals surface area contributed by atoms with Crippen LogP contribution in [-0.4, -0.2) is 61.3 Å². The molecule has 31 heavy (non-hydrogen) atoms. The highest BCUT2D eigenvalue weighted by atomic mass is 32.2. The monoisotopic (exact) mass is 442 g/mol. The summed E-state index contributed by atoms with van der Waals surface area (Å²) >= 11 is 1.35. The number of aryl methyl sites for hydroxylation is 1. The molecule has 0 aliphatic heterocycles. The average molecular weight is 442 g/mol. The van der Waals surface area contributed by atoms with Crippen molar-refractivity contribution in [2.75, 3.05) is 20.0 Å². The number of nitrogens with one attached hydrogen (secondary N) is 1. The number of esters is 2. The van der Waals surface area contributed by atoms with E-state index < -0.39 is 17.5 Å². The maximum Gasteiger partial charge on any atom is 0.344 e. The molecule has 4 heterocycles. The van der Waals surface area contributed by atoms with E-state index in [1.165, 1.54) is 47.5 Å². The van der Waals surface area contributed by atoms with E-state index in [0.717, 1.165) is 0 Å². The number of rotatable bonds is 5. The second-order valence-electron chi connectivity index (χ2n) is 6.41. The van der Waals surface area contributed by atoms with Gasteiger partial charge in [0.25, 0.3) is 5.56 Å². The van der Waals surface area contributed by atoms with Crippen molar-refractivity contribution in [1.29, 1.82) is 0 Å². The summed E-state index contributed by atoms with van der Waals surface area (Å²) in [5.41, 5.74) is 1.13. The average Bonchev–Trinajstić information content (AvgIpc) is 3.33. The van der Waals surface area contributed by atoms with Gasteiger partial charge >= 0.3 is 11.9 Å². The number of ether oxygens (including phenoxy) is 2. The van der Waals surface area contributed by atoms with Gasteiger partial charge in [-0.25, -0.2) is 19.1 Å². The number of thioether (sulfide) groups is 1. The molecule has 0 atom stereocenters. The van der Waals surface area contributed by atoms with Crippen molar-refractivity contribution < 1.29 is 19.1 Å². The predicted octanol–water partition coefficient (Wildman–Crippen LogP) is 1.75. The zero-order valence-corrected chi connectivity index (χ0v) is 17.9. The van der Waals surface area contributed by atoms with E-state index in [1.54, 1.807) is 13.0 Å². The van der Waals surface area contributed by atoms with Crippen LogP contribution in [0, 0.1) is 6.92 Å². The summed E-state index contributed by atoms with van der Waals surface area (Å²) in [5, 5.41) is 11.9. The van der Waals surface area contributed by atoms with Crippen LogP contribution in [0.25, 0.3) is 22.4 Å². The first-order valence-electron chi connectivity index (χ1n) is 9.20. The number of nitrogens with zero attached hydrogens (tertiary/aromatic N) is 5. The molecule has 160 valence electrons. The van der Waals surface area contributed by atoms with Gasteiger partial charge < -0.3 is 9.47 Å². The van der Waals surface area contributed by atoms with Crippen molar-refractivity contribution >= 4 is 40.3 Å². The van der Waals surface area contributed by atoms with E-state index in [4.69, 9.17) is 9.47 Å². The van der Waals surface area contributed by atoms with Crippen molar-refractivity contribution in [3.05, 3.63) is 45.6 Å². The summed E-state index contributed by atoms with van der Waals surface area (Å²) in [6.45, 7) is 3.59. The van der Waals surface area contributed by atoms with Crippen LogP contribution in [0.4, 0.5) is 0 Å². The normalized spacial score (nSPS) is 11.2. The third kappa shape index (κ3) is 3.15. The second kappa shape index (κ2) is 7.87. The summed E-state index contributed by atoms with van der Waals surface area (Å²) in [4.78, 5) is 42.0. The quantitative estimate of drug-likeness (QED) is 0.362. The molecular formula is C19H18N6O5S. The summed E-state index contributed by atoms with van der Waals surface area (Å²) in [6, 6.07) is 1.65. The lowest BCUT2D eigenvalue weighted by atomic mass is 10.2. The van der Waals surface area contributed by atoms with Gasteiger partial charge in [0.15, 0.2) is 11.5 Å². The second-order valence-corrected chi connectivity index (χ2v) is 7.67. The molecule has 0 amide bonds. The van der Waals surface area contributed by atoms with Crippen LogP contribution < -0.4 is 5.56 Å². The molecule has 0 aliphatic rings. The first-order chi connectivity index (χ1) is 14.9. The van der Waals surface area contributed by atoms with Crippen LogP contribution >= 0.6 is 11.8 Å². The SMILES string of the molecule is CCSc1n[nH]c(-n2ccc3c(cnc4c(C(=O)OC)c(C)nn43)c2=O)c1C(=O)OC. The summed E-state index contributed by atoms with van der Waals surface area (Å²) in [7, 11) is 2.54. The number of carbonyl (C=O) groups excluding carboxylic acids is 2. The smallest absolute Gasteiger partial charge is 0.344 e. The molecule has 0 aliphatic carbocycles. The van der Waals surface area contributed by atoms with E-state index in [2.05, 4.69) is 20.3 Å². The predicted molar refractivity (Wildman–Crippen MR) is 112 cm³/mol. The van der Waals surface area contributed by atoms with Gasteiger partial charge in [0.2, 0.25) is 0 Å². The lowest BCUT2D eigenvalue weighted by Gasteiger charge is -2.08. The molecule has 0 saturated carbocycles. The standard InChI is InChI=1S/C19H18N6O5S/c1-5-31-16-13(19(28)30-4)15(21-22-16)24-7-6-11-10(17(24)26)8-20-14-12(18(27)29-3)9(2)23-25(11)14/h6-8H,5H2,1-4H3,(H,21,22). The van der Waals surface area contributed by atoms with Crippen molar-refractivity contribution in [2.24, 2.45) is 0 Å². The first-order valence-corrected chi connectivity index (χ1v) is 10.2. The third-order valence-electron chi connectivity index (χ3n) is 4.70. The van der Waals surface area contributed by atoms with Crippen LogP contribution in [0.5, 0.6) is 0 Å². The van der Waals surface area contributed by atoms with Crippen LogP contribution in [0.15, 0.2) is 28.3 Å². The molecule has 0 fully saturated rings. The van der Waals surface area contributed by atoms with Gasteiger partial charge in [0, 0.05) is 12.4 Å². The van der Waals surface area contributed by atoms with Crippen molar-refractivity contribution in [2.45, 2.75) is 18.9 Å². The van der Waals surface area contributed by atoms with Crippen LogP contribution in [-0.2, 0) is 9.47 Å². The maximum atomic E-state index is 13.3. The minimum absolute atomic E-state index is 0.174. The third-order valence-corrected chi connectivity index (χ3v) is 5.56. The summed E-state index contributed by atoms with van der Waals surface area (Å²) in [5.74, 6) is -0.287. The van der Waals surface area contributed by atoms with Crippen molar-refractivity contribution in [3.8, 4) is 5.82 Å². The Morgan fingerprint density at radius 2 is 1.90 bits per heavy atom. The Morgan fingerprint density at radius 3 is 2.58 bits per heavy atom. The highest BCUT2D eigenvalue weighted by Gasteiger charge is 2.25. The van der Waals surface area contributed by atoms with E-state index in [0.29, 0.717) is 22.0 Å². The Labute approximate surface area is 179 Å². The number of hydrogen-bond acceptors (Lipinski definition) is 9. The summed E-state index contributed by atoms with van der Waals surface area (Å²) in [6.07, 6.45) is 2.87. The number of aromatic nitrogens is 6. The number of methoxy groups -OCH3 is 2. The molecule has 11 nitrogen and oxygen atoms in total. The minimum Gasteiger partial charge on any atom is -0.465 e. The Bertz CT molecular complexity index is 1400. The molecule has 0 aromatic carbocycles. The van der Waals surface area contributed by atoms with E-state index in [9.17, 15) is 14.4 Å². The molecule has 0 unspecified atom stereocenters. The van der Waals surface area contributed by atoms with E-state index in [1.807, 2.05) is 6.92 Å². The van der Waals surface area contributed by atoms with Crippen LogP contribution in [0.3, 0.4) is 0 Å². The molecule has 0 spiro atoms. The maximum absolute atomic E-state index is 13.3. The number of hydrogen-bond donors (Lipinski definition) is 1.